The summed E-state index contributed by atoms with van der Waals surface area (Å²) in [4.78, 5) is 10.6. The van der Waals surface area contributed by atoms with Crippen LogP contribution in [0.15, 0.2) is 24.3 Å². The van der Waals surface area contributed by atoms with Crippen LogP contribution < -0.4 is 0 Å². The number of benzene rings is 1. The number of piperazine rings is 1. The van der Waals surface area contributed by atoms with Crippen LogP contribution in [0.5, 0.6) is 5.88 Å². The molecule has 6 nitrogen and oxygen atoms in total. The average Bonchev–Trinajstić information content (AvgIpc) is 3.18. The number of thiazole rings is 1. The van der Waals surface area contributed by atoms with Crippen molar-refractivity contribution in [2.75, 3.05) is 33.2 Å². The van der Waals surface area contributed by atoms with Crippen molar-refractivity contribution >= 4 is 16.3 Å². The number of hydrogen-bond donors (Lipinski definition) is 1. The highest BCUT2D eigenvalue weighted by Crippen LogP contribution is 2.40. The van der Waals surface area contributed by atoms with Gasteiger partial charge in [0.25, 0.3) is 0 Å². The molecule has 0 unspecified atom stereocenters. The first-order valence-electron chi connectivity index (χ1n) is 8.82. The zero-order valence-corrected chi connectivity index (χ0v) is 15.7. The van der Waals surface area contributed by atoms with Crippen LogP contribution in [-0.4, -0.2) is 62.7 Å². The molecule has 8 heteroatoms. The Bertz CT molecular complexity index is 898. The maximum atomic E-state index is 13.4. The highest BCUT2D eigenvalue weighted by molar-refractivity contribution is 7.17. The Morgan fingerprint density at radius 1 is 1.19 bits per heavy atom. The highest BCUT2D eigenvalue weighted by Gasteiger charge is 2.31. The topological polar surface area (TPSA) is 56.9 Å². The normalized spacial score (nSPS) is 17.8. The molecule has 1 saturated heterocycles. The predicted octanol–water partition coefficient (Wildman–Crippen LogP) is 2.53. The molecule has 0 radical (unpaired) electrons. The number of halogens is 1. The van der Waals surface area contributed by atoms with Gasteiger partial charge in [0.05, 0.1) is 10.9 Å². The molecule has 0 saturated carbocycles. The van der Waals surface area contributed by atoms with Gasteiger partial charge < -0.3 is 10.0 Å². The van der Waals surface area contributed by atoms with Gasteiger partial charge in [0.1, 0.15) is 5.82 Å². The molecule has 26 heavy (non-hydrogen) atoms. The zero-order chi connectivity index (χ0) is 18.3. The van der Waals surface area contributed by atoms with Crippen molar-refractivity contribution < 1.29 is 9.50 Å². The highest BCUT2D eigenvalue weighted by atomic mass is 32.1. The lowest BCUT2D eigenvalue weighted by molar-refractivity contribution is 0.127. The predicted molar refractivity (Wildman–Crippen MR) is 99.2 cm³/mol. The number of aromatic hydroxyl groups is 1. The number of nitrogens with zero attached hydrogens (tertiary/aromatic N) is 5. The van der Waals surface area contributed by atoms with Gasteiger partial charge in [0.2, 0.25) is 10.8 Å². The molecule has 138 valence electrons. The second-order valence-electron chi connectivity index (χ2n) is 6.66. The van der Waals surface area contributed by atoms with E-state index in [1.165, 1.54) is 28.0 Å². The first kappa shape index (κ1) is 17.4. The average molecular weight is 375 g/mol. The zero-order valence-electron chi connectivity index (χ0n) is 14.9. The van der Waals surface area contributed by atoms with Gasteiger partial charge >= 0.3 is 0 Å². The van der Waals surface area contributed by atoms with Gasteiger partial charge in [-0.1, -0.05) is 30.4 Å². The largest absolute Gasteiger partial charge is 0.492 e. The van der Waals surface area contributed by atoms with Crippen LogP contribution >= 0.6 is 11.3 Å². The van der Waals surface area contributed by atoms with Crippen LogP contribution in [0, 0.1) is 5.82 Å². The van der Waals surface area contributed by atoms with Crippen molar-refractivity contribution in [1.82, 2.24) is 24.4 Å². The van der Waals surface area contributed by atoms with Crippen molar-refractivity contribution in [2.24, 2.45) is 0 Å². The Kier molecular flexibility index (Phi) is 4.64. The Morgan fingerprint density at radius 2 is 1.88 bits per heavy atom. The van der Waals surface area contributed by atoms with Gasteiger partial charge in [-0.25, -0.2) is 9.37 Å². The molecule has 3 aromatic rings. The molecule has 2 aromatic heterocycles. The minimum atomic E-state index is -0.259. The van der Waals surface area contributed by atoms with E-state index in [2.05, 4.69) is 26.9 Å². The summed E-state index contributed by atoms with van der Waals surface area (Å²) in [5, 5.41) is 15.2. The molecule has 0 spiro atoms. The molecule has 3 heterocycles. The number of fused-ring (bicyclic) bond motifs is 1. The van der Waals surface area contributed by atoms with E-state index in [1.807, 2.05) is 6.92 Å². The van der Waals surface area contributed by atoms with E-state index in [0.29, 0.717) is 4.96 Å². The summed E-state index contributed by atoms with van der Waals surface area (Å²) >= 11 is 1.45. The van der Waals surface area contributed by atoms with Gasteiger partial charge in [0, 0.05) is 32.6 Å². The number of aryl methyl sites for hydroxylation is 1. The molecule has 1 fully saturated rings. The third-order valence-corrected chi connectivity index (χ3v) is 5.97. The SMILES string of the molecule is CCc1nc2sc([C@H](c3ccc(F)cc3)N3CCN(C)CC3)c(O)n2n1. The van der Waals surface area contributed by atoms with E-state index in [-0.39, 0.29) is 17.7 Å². The third kappa shape index (κ3) is 3.08. The molecule has 1 aliphatic heterocycles. The molecule has 0 aliphatic carbocycles. The number of rotatable bonds is 4. The summed E-state index contributed by atoms with van der Waals surface area (Å²) in [6, 6.07) is 6.40. The van der Waals surface area contributed by atoms with Crippen LogP contribution in [0.25, 0.3) is 4.96 Å². The maximum Gasteiger partial charge on any atom is 0.230 e. The Labute approximate surface area is 155 Å². The van der Waals surface area contributed by atoms with E-state index in [1.54, 1.807) is 12.1 Å². The fraction of sp³-hybridized carbons (Fsp3) is 0.444. The third-order valence-electron chi connectivity index (χ3n) is 4.90. The molecule has 1 aromatic carbocycles. The molecular formula is C18H22FN5OS. The van der Waals surface area contributed by atoms with Gasteiger partial charge in [-0.05, 0) is 24.7 Å². The minimum Gasteiger partial charge on any atom is -0.492 e. The van der Waals surface area contributed by atoms with Crippen LogP contribution in [0.4, 0.5) is 4.39 Å². The van der Waals surface area contributed by atoms with E-state index >= 15 is 0 Å². The van der Waals surface area contributed by atoms with Crippen molar-refractivity contribution in [2.45, 2.75) is 19.4 Å². The van der Waals surface area contributed by atoms with Crippen LogP contribution in [-0.2, 0) is 6.42 Å². The maximum absolute atomic E-state index is 13.4. The summed E-state index contributed by atoms with van der Waals surface area (Å²) in [5.41, 5.74) is 0.964. The Balaban J connectivity index is 1.78. The van der Waals surface area contributed by atoms with Crippen LogP contribution in [0.3, 0.4) is 0 Å². The van der Waals surface area contributed by atoms with Crippen LogP contribution in [0.1, 0.15) is 29.2 Å². The number of aromatic nitrogens is 3. The summed E-state index contributed by atoms with van der Waals surface area (Å²) < 4.78 is 15.0. The summed E-state index contributed by atoms with van der Waals surface area (Å²) in [5.74, 6) is 0.590. The van der Waals surface area contributed by atoms with Gasteiger partial charge in [-0.3, -0.25) is 4.90 Å². The smallest absolute Gasteiger partial charge is 0.230 e. The monoisotopic (exact) mass is 375 g/mol. The molecule has 0 amide bonds. The molecule has 1 aliphatic rings. The first-order valence-corrected chi connectivity index (χ1v) is 9.64. The lowest BCUT2D eigenvalue weighted by Gasteiger charge is -2.37. The van der Waals surface area contributed by atoms with E-state index in [9.17, 15) is 9.50 Å². The van der Waals surface area contributed by atoms with Gasteiger partial charge in [0.15, 0.2) is 5.82 Å². The van der Waals surface area contributed by atoms with E-state index < -0.39 is 0 Å². The van der Waals surface area contributed by atoms with Crippen molar-refractivity contribution in [3.63, 3.8) is 0 Å². The minimum absolute atomic E-state index is 0.130. The lowest BCUT2D eigenvalue weighted by Crippen LogP contribution is -2.46. The van der Waals surface area contributed by atoms with Gasteiger partial charge in [-0.15, -0.1) is 5.10 Å². The summed E-state index contributed by atoms with van der Waals surface area (Å²) in [6.45, 7) is 5.67. The molecule has 0 bridgehead atoms. The van der Waals surface area contributed by atoms with E-state index in [4.69, 9.17) is 0 Å². The standard InChI is InChI=1S/C18H22FN5OS/c1-3-14-20-18-24(21-14)17(25)16(26-18)15(12-4-6-13(19)7-5-12)23-10-8-22(2)9-11-23/h4-7,15,25H,3,8-11H2,1-2H3/t15-/m0/s1. The second-order valence-corrected chi connectivity index (χ2v) is 7.67. The van der Waals surface area contributed by atoms with Crippen molar-refractivity contribution in [3.05, 3.63) is 46.3 Å². The van der Waals surface area contributed by atoms with Crippen molar-refractivity contribution in [3.8, 4) is 5.88 Å². The Morgan fingerprint density at radius 3 is 2.50 bits per heavy atom. The van der Waals surface area contributed by atoms with Crippen LogP contribution in [0.2, 0.25) is 0 Å². The molecule has 4 rings (SSSR count). The second kappa shape index (κ2) is 6.94. The Hall–Kier alpha value is -2.03. The molecule has 1 N–H and O–H groups in total. The fourth-order valence-electron chi connectivity index (χ4n) is 3.37. The number of hydrogen-bond acceptors (Lipinski definition) is 6. The lowest BCUT2D eigenvalue weighted by atomic mass is 10.0. The number of likely N-dealkylation sites (N-methyl/N-ethyl adjacent to an activating group) is 1. The van der Waals surface area contributed by atoms with Gasteiger partial charge in [-0.2, -0.15) is 4.52 Å². The van der Waals surface area contributed by atoms with E-state index in [0.717, 1.165) is 48.9 Å². The summed E-state index contributed by atoms with van der Waals surface area (Å²) in [7, 11) is 2.11. The first-order chi connectivity index (χ1) is 12.6. The quantitative estimate of drug-likeness (QED) is 0.759. The summed E-state index contributed by atoms with van der Waals surface area (Å²) in [6.07, 6.45) is 0.725. The molecular weight excluding hydrogens is 353 g/mol. The fourth-order valence-corrected chi connectivity index (χ4v) is 4.51. The molecule has 1 atom stereocenters. The van der Waals surface area contributed by atoms with Crippen molar-refractivity contribution in [1.29, 1.82) is 0 Å².